The van der Waals surface area contributed by atoms with Gasteiger partial charge in [0.1, 0.15) is 6.10 Å². The van der Waals surface area contributed by atoms with Crippen LogP contribution in [0.3, 0.4) is 0 Å². The number of carbonyl (C=O) groups excluding carboxylic acids is 1. The topological polar surface area (TPSA) is 88.3 Å². The second kappa shape index (κ2) is 7.62. The number of methoxy groups -OCH3 is 1. The summed E-state index contributed by atoms with van der Waals surface area (Å²) in [6.07, 6.45) is 4.58. The lowest BCUT2D eigenvalue weighted by molar-refractivity contribution is 0.0519. The van der Waals surface area contributed by atoms with Gasteiger partial charge in [-0.25, -0.2) is 9.97 Å². The molecule has 7 nitrogen and oxygen atoms in total. The zero-order valence-electron chi connectivity index (χ0n) is 13.9. The lowest BCUT2D eigenvalue weighted by Crippen LogP contribution is -2.44. The molecule has 0 unspecified atom stereocenters. The van der Waals surface area contributed by atoms with E-state index < -0.39 is 0 Å². The molecule has 1 saturated heterocycles. The van der Waals surface area contributed by atoms with Crippen LogP contribution in [-0.4, -0.2) is 47.1 Å². The minimum absolute atomic E-state index is 0.0658. The molecule has 1 aliphatic heterocycles. The Balaban J connectivity index is 1.68. The van der Waals surface area contributed by atoms with E-state index in [0.717, 1.165) is 12.8 Å². The van der Waals surface area contributed by atoms with Crippen molar-refractivity contribution in [3.63, 3.8) is 0 Å². The van der Waals surface area contributed by atoms with Gasteiger partial charge in [-0.1, -0.05) is 0 Å². The lowest BCUT2D eigenvalue weighted by Gasteiger charge is -2.32. The smallest absolute Gasteiger partial charge is 0.278 e. The van der Waals surface area contributed by atoms with Gasteiger partial charge in [-0.3, -0.25) is 4.79 Å². The number of aromatic nitrogens is 2. The third-order valence-corrected chi connectivity index (χ3v) is 4.03. The number of likely N-dealkylation sites (tertiary alicyclic amines) is 1. The first kappa shape index (κ1) is 16.7. The predicted octanol–water partition coefficient (Wildman–Crippen LogP) is 2.04. The molecule has 7 heteroatoms. The highest BCUT2D eigenvalue weighted by molar-refractivity contribution is 5.94. The highest BCUT2D eigenvalue weighted by Gasteiger charge is 2.27. The number of hydrogen-bond acceptors (Lipinski definition) is 6. The normalized spacial score (nSPS) is 16.8. The molecule has 0 saturated carbocycles. The van der Waals surface area contributed by atoms with Crippen molar-refractivity contribution in [3.05, 3.63) is 47.8 Å². The number of nitriles is 1. The monoisotopic (exact) mass is 338 g/mol. The molecule has 2 heterocycles. The molecule has 0 aliphatic carbocycles. The van der Waals surface area contributed by atoms with Crippen LogP contribution in [0.2, 0.25) is 0 Å². The van der Waals surface area contributed by atoms with E-state index >= 15 is 0 Å². The van der Waals surface area contributed by atoms with Crippen LogP contribution in [0.15, 0.2) is 36.7 Å². The van der Waals surface area contributed by atoms with Crippen molar-refractivity contribution < 1.29 is 14.3 Å². The quantitative estimate of drug-likeness (QED) is 0.847. The summed E-state index contributed by atoms with van der Waals surface area (Å²) in [6.45, 7) is 1.15. The molecule has 3 rings (SSSR count). The molecule has 1 atom stereocenters. The van der Waals surface area contributed by atoms with Crippen LogP contribution in [0.4, 0.5) is 0 Å². The Kier molecular flexibility index (Phi) is 5.09. The number of rotatable bonds is 4. The van der Waals surface area contributed by atoms with E-state index in [0.29, 0.717) is 36.0 Å². The number of benzene rings is 1. The summed E-state index contributed by atoms with van der Waals surface area (Å²) in [6, 6.07) is 8.70. The lowest BCUT2D eigenvalue weighted by atomic mass is 10.1. The predicted molar refractivity (Wildman–Crippen MR) is 89.3 cm³/mol. The summed E-state index contributed by atoms with van der Waals surface area (Å²) in [5.74, 6) is 0.601. The van der Waals surface area contributed by atoms with Gasteiger partial charge >= 0.3 is 0 Å². The van der Waals surface area contributed by atoms with Gasteiger partial charge in [0.05, 0.1) is 25.3 Å². The summed E-state index contributed by atoms with van der Waals surface area (Å²) in [5.41, 5.74) is 1.10. The van der Waals surface area contributed by atoms with Crippen LogP contribution in [0, 0.1) is 11.3 Å². The van der Waals surface area contributed by atoms with E-state index in [1.165, 1.54) is 13.3 Å². The van der Waals surface area contributed by atoms with Gasteiger partial charge in [0, 0.05) is 24.5 Å². The number of nitrogens with zero attached hydrogens (tertiary/aromatic N) is 4. The minimum atomic E-state index is -0.165. The standard InChI is InChI=1S/C18H18N4O3/c1-24-16-17(21-9-8-20-16)25-15-3-2-10-22(12-15)18(23)14-6-4-13(11-19)5-7-14/h4-9,15H,2-3,10,12H2,1H3/t15-/m1/s1. The largest absolute Gasteiger partial charge is 0.477 e. The summed E-state index contributed by atoms with van der Waals surface area (Å²) in [7, 11) is 1.51. The Labute approximate surface area is 145 Å². The summed E-state index contributed by atoms with van der Waals surface area (Å²) >= 11 is 0. The van der Waals surface area contributed by atoms with Crippen molar-refractivity contribution in [2.24, 2.45) is 0 Å². The summed E-state index contributed by atoms with van der Waals surface area (Å²) in [5, 5.41) is 8.85. The van der Waals surface area contributed by atoms with Crippen LogP contribution in [0.5, 0.6) is 11.8 Å². The van der Waals surface area contributed by atoms with Gasteiger partial charge in [-0.05, 0) is 37.1 Å². The molecular weight excluding hydrogens is 320 g/mol. The van der Waals surface area contributed by atoms with E-state index in [9.17, 15) is 4.79 Å². The zero-order chi connectivity index (χ0) is 17.6. The van der Waals surface area contributed by atoms with Crippen molar-refractivity contribution in [2.45, 2.75) is 18.9 Å². The van der Waals surface area contributed by atoms with Crippen molar-refractivity contribution in [3.8, 4) is 17.8 Å². The molecule has 128 valence electrons. The maximum Gasteiger partial charge on any atom is 0.278 e. The highest BCUT2D eigenvalue weighted by atomic mass is 16.5. The Morgan fingerprint density at radius 3 is 2.64 bits per heavy atom. The van der Waals surface area contributed by atoms with Crippen molar-refractivity contribution in [2.75, 3.05) is 20.2 Å². The molecule has 1 fully saturated rings. The third kappa shape index (κ3) is 3.86. The van der Waals surface area contributed by atoms with E-state index in [4.69, 9.17) is 14.7 Å². The van der Waals surface area contributed by atoms with Crippen LogP contribution in [-0.2, 0) is 0 Å². The maximum atomic E-state index is 12.7. The van der Waals surface area contributed by atoms with E-state index in [1.54, 1.807) is 35.4 Å². The Hall–Kier alpha value is -3.14. The molecule has 1 aromatic carbocycles. The summed E-state index contributed by atoms with van der Waals surface area (Å²) < 4.78 is 11.0. The number of amides is 1. The fourth-order valence-corrected chi connectivity index (χ4v) is 2.78. The maximum absolute atomic E-state index is 12.7. The zero-order valence-corrected chi connectivity index (χ0v) is 13.9. The average molecular weight is 338 g/mol. The summed E-state index contributed by atoms with van der Waals surface area (Å²) in [4.78, 5) is 22.6. The van der Waals surface area contributed by atoms with Crippen molar-refractivity contribution >= 4 is 5.91 Å². The first-order valence-corrected chi connectivity index (χ1v) is 8.02. The molecular formula is C18H18N4O3. The van der Waals surface area contributed by atoms with Gasteiger partial charge in [-0.2, -0.15) is 5.26 Å². The van der Waals surface area contributed by atoms with Crippen LogP contribution < -0.4 is 9.47 Å². The average Bonchev–Trinajstić information content (AvgIpc) is 2.68. The van der Waals surface area contributed by atoms with Crippen LogP contribution >= 0.6 is 0 Å². The third-order valence-electron chi connectivity index (χ3n) is 4.03. The molecule has 2 aromatic rings. The van der Waals surface area contributed by atoms with Crippen molar-refractivity contribution in [1.29, 1.82) is 5.26 Å². The fraction of sp³-hybridized carbons (Fsp3) is 0.333. The van der Waals surface area contributed by atoms with Gasteiger partial charge < -0.3 is 14.4 Å². The first-order chi connectivity index (χ1) is 12.2. The number of hydrogen-bond donors (Lipinski definition) is 0. The van der Waals surface area contributed by atoms with Gasteiger partial charge in [0.2, 0.25) is 0 Å². The highest BCUT2D eigenvalue weighted by Crippen LogP contribution is 2.24. The second-order valence-electron chi connectivity index (χ2n) is 5.69. The fourth-order valence-electron chi connectivity index (χ4n) is 2.78. The van der Waals surface area contributed by atoms with E-state index in [2.05, 4.69) is 9.97 Å². The van der Waals surface area contributed by atoms with E-state index in [-0.39, 0.29) is 12.0 Å². The first-order valence-electron chi connectivity index (χ1n) is 8.02. The van der Waals surface area contributed by atoms with Crippen LogP contribution in [0.25, 0.3) is 0 Å². The van der Waals surface area contributed by atoms with Gasteiger partial charge in [0.25, 0.3) is 17.7 Å². The number of carbonyl (C=O) groups is 1. The molecule has 0 bridgehead atoms. The molecule has 0 N–H and O–H groups in total. The molecule has 1 aromatic heterocycles. The molecule has 1 amide bonds. The Morgan fingerprint density at radius 2 is 1.96 bits per heavy atom. The number of piperidine rings is 1. The van der Waals surface area contributed by atoms with Crippen LogP contribution in [0.1, 0.15) is 28.8 Å². The van der Waals surface area contributed by atoms with Gasteiger partial charge in [-0.15, -0.1) is 0 Å². The SMILES string of the molecule is COc1nccnc1O[C@@H]1CCCN(C(=O)c2ccc(C#N)cc2)C1. The Bertz CT molecular complexity index is 786. The van der Waals surface area contributed by atoms with E-state index in [1.807, 2.05) is 6.07 Å². The minimum Gasteiger partial charge on any atom is -0.477 e. The second-order valence-corrected chi connectivity index (χ2v) is 5.69. The van der Waals surface area contributed by atoms with Crippen molar-refractivity contribution in [1.82, 2.24) is 14.9 Å². The number of ether oxygens (including phenoxy) is 2. The molecule has 25 heavy (non-hydrogen) atoms. The molecule has 0 radical (unpaired) electrons. The Morgan fingerprint density at radius 1 is 1.24 bits per heavy atom. The molecule has 0 spiro atoms. The van der Waals surface area contributed by atoms with Gasteiger partial charge in [0.15, 0.2) is 0 Å². The molecule has 1 aliphatic rings.